The number of pyridine rings is 1. The topological polar surface area (TPSA) is 75.1 Å². The highest BCUT2D eigenvalue weighted by molar-refractivity contribution is 5.94. The number of carbonyl (C=O) groups excluding carboxylic acids is 1. The van der Waals surface area contributed by atoms with Crippen LogP contribution in [0.3, 0.4) is 0 Å². The van der Waals surface area contributed by atoms with Crippen molar-refractivity contribution < 1.29 is 9.18 Å². The number of piperidine rings is 1. The fraction of sp³-hybridized carbons (Fsp3) is 0.258. The summed E-state index contributed by atoms with van der Waals surface area (Å²) in [6.45, 7) is 3.89. The smallest absolute Gasteiger partial charge is 0.269 e. The molecule has 1 fully saturated rings. The minimum atomic E-state index is -0.232. The summed E-state index contributed by atoms with van der Waals surface area (Å²) < 4.78 is 15.6. The van der Waals surface area contributed by atoms with E-state index in [2.05, 4.69) is 31.2 Å². The number of carbonyl (C=O) groups is 1. The first-order valence-corrected chi connectivity index (χ1v) is 13.4. The Hall–Kier alpha value is -4.30. The van der Waals surface area contributed by atoms with E-state index in [1.165, 1.54) is 12.1 Å². The van der Waals surface area contributed by atoms with Gasteiger partial charge in [-0.25, -0.2) is 14.4 Å². The van der Waals surface area contributed by atoms with E-state index in [0.717, 1.165) is 65.9 Å². The zero-order valence-electron chi connectivity index (χ0n) is 21.7. The molecule has 3 heterocycles. The highest BCUT2D eigenvalue weighted by Crippen LogP contribution is 2.24. The van der Waals surface area contributed by atoms with Crippen LogP contribution in [0.1, 0.15) is 28.9 Å². The minimum absolute atomic E-state index is 0.141. The summed E-state index contributed by atoms with van der Waals surface area (Å²) in [7, 11) is 0. The van der Waals surface area contributed by atoms with Crippen molar-refractivity contribution in [3.05, 3.63) is 102 Å². The van der Waals surface area contributed by atoms with E-state index in [0.29, 0.717) is 24.8 Å². The predicted molar refractivity (Wildman–Crippen MR) is 152 cm³/mol. The molecule has 0 atom stereocenters. The number of hydrogen-bond donors (Lipinski definition) is 2. The number of benzene rings is 3. The molecule has 8 heteroatoms. The Labute approximate surface area is 226 Å². The molecule has 0 spiro atoms. The maximum atomic E-state index is 13.4. The lowest BCUT2D eigenvalue weighted by Gasteiger charge is -2.32. The summed E-state index contributed by atoms with van der Waals surface area (Å²) in [6, 6.07) is 26.6. The summed E-state index contributed by atoms with van der Waals surface area (Å²) in [5.41, 5.74) is 4.29. The number of imidazole rings is 1. The fourth-order valence-electron chi connectivity index (χ4n) is 5.21. The molecule has 2 N–H and O–H groups in total. The summed E-state index contributed by atoms with van der Waals surface area (Å²) in [4.78, 5) is 24.3. The predicted octanol–water partition coefficient (Wildman–Crippen LogP) is 5.08. The van der Waals surface area contributed by atoms with Gasteiger partial charge in [0.25, 0.3) is 5.91 Å². The second-order valence-electron chi connectivity index (χ2n) is 10.0. The summed E-state index contributed by atoms with van der Waals surface area (Å²) in [6.07, 6.45) is 1.97. The third-order valence-electron chi connectivity index (χ3n) is 7.37. The third kappa shape index (κ3) is 5.76. The van der Waals surface area contributed by atoms with Gasteiger partial charge in [-0.15, -0.1) is 0 Å². The Morgan fingerprint density at radius 2 is 1.62 bits per heavy atom. The molecule has 0 saturated carbocycles. The number of rotatable bonds is 8. The number of fused-ring (bicyclic) bond motifs is 2. The van der Waals surface area contributed by atoms with Gasteiger partial charge in [0.15, 0.2) is 0 Å². The van der Waals surface area contributed by atoms with Crippen LogP contribution in [0, 0.1) is 5.82 Å². The van der Waals surface area contributed by atoms with Crippen molar-refractivity contribution in [3.8, 4) is 0 Å². The number of halogens is 1. The van der Waals surface area contributed by atoms with Crippen LogP contribution in [-0.4, -0.2) is 57.6 Å². The maximum absolute atomic E-state index is 13.4. The van der Waals surface area contributed by atoms with Gasteiger partial charge in [-0.3, -0.25) is 4.79 Å². The molecule has 1 aliphatic heterocycles. The highest BCUT2D eigenvalue weighted by Gasteiger charge is 2.21. The van der Waals surface area contributed by atoms with Gasteiger partial charge in [-0.05, 0) is 54.8 Å². The van der Waals surface area contributed by atoms with Crippen molar-refractivity contribution in [1.82, 2.24) is 24.8 Å². The first-order chi connectivity index (χ1) is 19.1. The van der Waals surface area contributed by atoms with Crippen LogP contribution in [0.4, 0.5) is 10.3 Å². The number of nitrogens with one attached hydrogen (secondary N) is 2. The monoisotopic (exact) mass is 522 g/mol. The van der Waals surface area contributed by atoms with Crippen LogP contribution < -0.4 is 10.6 Å². The van der Waals surface area contributed by atoms with E-state index in [1.54, 1.807) is 6.07 Å². The molecular weight excluding hydrogens is 491 g/mol. The molecule has 198 valence electrons. The zero-order valence-corrected chi connectivity index (χ0v) is 21.7. The van der Waals surface area contributed by atoms with Gasteiger partial charge in [-0.1, -0.05) is 48.5 Å². The second kappa shape index (κ2) is 11.2. The molecule has 7 nitrogen and oxygen atoms in total. The fourth-order valence-corrected chi connectivity index (χ4v) is 5.21. The number of nitrogens with zero attached hydrogens (tertiary/aromatic N) is 4. The molecule has 1 aliphatic rings. The van der Waals surface area contributed by atoms with Crippen LogP contribution >= 0.6 is 0 Å². The van der Waals surface area contributed by atoms with E-state index in [4.69, 9.17) is 4.98 Å². The highest BCUT2D eigenvalue weighted by atomic mass is 19.1. The molecule has 0 bridgehead atoms. The second-order valence-corrected chi connectivity index (χ2v) is 10.0. The van der Waals surface area contributed by atoms with Gasteiger partial charge < -0.3 is 20.1 Å². The van der Waals surface area contributed by atoms with E-state index in [-0.39, 0.29) is 11.7 Å². The van der Waals surface area contributed by atoms with Crippen LogP contribution in [0.5, 0.6) is 0 Å². The standard InChI is InChI=1S/C31H31FN6O/c32-24-12-9-22(10-13-24)21-38-29-8-4-3-7-27(29)36-31(38)34-25-15-18-37(19-16-25)20-17-33-30(39)28-14-11-23-5-1-2-6-26(23)35-28/h1-14,25H,15-21H2,(H,33,39)(H,34,36). The Morgan fingerprint density at radius 1 is 0.872 bits per heavy atom. The van der Waals surface area contributed by atoms with Gasteiger partial charge in [-0.2, -0.15) is 0 Å². The van der Waals surface area contributed by atoms with Gasteiger partial charge in [0.05, 0.1) is 23.1 Å². The molecule has 6 rings (SSSR count). The van der Waals surface area contributed by atoms with Crippen molar-refractivity contribution in [2.24, 2.45) is 0 Å². The Kier molecular flexibility index (Phi) is 7.19. The first-order valence-electron chi connectivity index (χ1n) is 13.4. The minimum Gasteiger partial charge on any atom is -0.353 e. The lowest BCUT2D eigenvalue weighted by Crippen LogP contribution is -2.43. The molecule has 3 aromatic carbocycles. The summed E-state index contributed by atoms with van der Waals surface area (Å²) in [5.74, 6) is 0.468. The summed E-state index contributed by atoms with van der Waals surface area (Å²) >= 11 is 0. The molecule has 1 saturated heterocycles. The maximum Gasteiger partial charge on any atom is 0.269 e. The molecule has 0 unspecified atom stereocenters. The first kappa shape index (κ1) is 25.0. The molecule has 5 aromatic rings. The molecular formula is C31H31FN6O. The van der Waals surface area contributed by atoms with Crippen LogP contribution in [0.25, 0.3) is 21.9 Å². The normalized spacial score (nSPS) is 14.6. The number of para-hydroxylation sites is 3. The quantitative estimate of drug-likeness (QED) is 0.297. The lowest BCUT2D eigenvalue weighted by molar-refractivity contribution is 0.0941. The van der Waals surface area contributed by atoms with Gasteiger partial charge in [0, 0.05) is 37.6 Å². The molecule has 39 heavy (non-hydrogen) atoms. The zero-order chi connectivity index (χ0) is 26.6. The van der Waals surface area contributed by atoms with E-state index >= 15 is 0 Å². The van der Waals surface area contributed by atoms with Crippen molar-refractivity contribution >= 4 is 33.8 Å². The van der Waals surface area contributed by atoms with E-state index < -0.39 is 0 Å². The average molecular weight is 523 g/mol. The number of amides is 1. The van der Waals surface area contributed by atoms with Crippen molar-refractivity contribution in [2.75, 3.05) is 31.5 Å². The summed E-state index contributed by atoms with van der Waals surface area (Å²) in [5, 5.41) is 7.71. The Balaban J connectivity index is 1.03. The van der Waals surface area contributed by atoms with Gasteiger partial charge in [0.2, 0.25) is 5.95 Å². The van der Waals surface area contributed by atoms with Crippen molar-refractivity contribution in [3.63, 3.8) is 0 Å². The van der Waals surface area contributed by atoms with E-state index in [1.807, 2.05) is 60.7 Å². The number of hydrogen-bond acceptors (Lipinski definition) is 5. The molecule has 1 amide bonds. The van der Waals surface area contributed by atoms with Crippen LogP contribution in [0.15, 0.2) is 84.9 Å². The van der Waals surface area contributed by atoms with Crippen LogP contribution in [-0.2, 0) is 6.54 Å². The number of aromatic nitrogens is 3. The Bertz CT molecular complexity index is 1590. The molecule has 2 aromatic heterocycles. The van der Waals surface area contributed by atoms with Crippen molar-refractivity contribution in [1.29, 1.82) is 0 Å². The molecule has 0 radical (unpaired) electrons. The SMILES string of the molecule is O=C(NCCN1CCC(Nc2nc3ccccc3n2Cc2ccc(F)cc2)CC1)c1ccc2ccccc2n1. The average Bonchev–Trinajstić information content (AvgIpc) is 3.31. The largest absolute Gasteiger partial charge is 0.353 e. The molecule has 0 aliphatic carbocycles. The Morgan fingerprint density at radius 3 is 2.44 bits per heavy atom. The van der Waals surface area contributed by atoms with Gasteiger partial charge in [0.1, 0.15) is 11.5 Å². The van der Waals surface area contributed by atoms with Crippen LogP contribution in [0.2, 0.25) is 0 Å². The number of anilines is 1. The van der Waals surface area contributed by atoms with E-state index in [9.17, 15) is 9.18 Å². The third-order valence-corrected chi connectivity index (χ3v) is 7.37. The van der Waals surface area contributed by atoms with Gasteiger partial charge >= 0.3 is 0 Å². The number of likely N-dealkylation sites (tertiary alicyclic amines) is 1. The lowest BCUT2D eigenvalue weighted by atomic mass is 10.1. The van der Waals surface area contributed by atoms with Crippen molar-refractivity contribution in [2.45, 2.75) is 25.4 Å².